The van der Waals surface area contributed by atoms with Crippen molar-refractivity contribution in [3.63, 3.8) is 0 Å². The molecule has 98 valence electrons. The standard InChI is InChI=1S/C17H25N/c1-3-18-16(17(2)11-12-17)15-10-5-4-9-14(15)13-7-6-8-13/h4-5,9-10,13,16,18H,3,6-8,11-12H2,1-2H3. The number of benzene rings is 1. The Morgan fingerprint density at radius 3 is 2.56 bits per heavy atom. The van der Waals surface area contributed by atoms with E-state index in [4.69, 9.17) is 0 Å². The van der Waals surface area contributed by atoms with E-state index in [-0.39, 0.29) is 0 Å². The molecular formula is C17H25N. The summed E-state index contributed by atoms with van der Waals surface area (Å²) in [6.45, 7) is 5.74. The molecule has 2 saturated carbocycles. The van der Waals surface area contributed by atoms with Crippen molar-refractivity contribution in [2.45, 2.75) is 57.9 Å². The van der Waals surface area contributed by atoms with Crippen molar-refractivity contribution in [3.8, 4) is 0 Å². The maximum absolute atomic E-state index is 3.74. The van der Waals surface area contributed by atoms with Gasteiger partial charge in [-0.3, -0.25) is 0 Å². The van der Waals surface area contributed by atoms with Gasteiger partial charge in [-0.1, -0.05) is 44.5 Å². The summed E-state index contributed by atoms with van der Waals surface area (Å²) in [4.78, 5) is 0. The second kappa shape index (κ2) is 4.70. The van der Waals surface area contributed by atoms with Gasteiger partial charge in [-0.05, 0) is 54.7 Å². The molecule has 1 atom stereocenters. The molecule has 0 spiro atoms. The summed E-state index contributed by atoms with van der Waals surface area (Å²) in [7, 11) is 0. The van der Waals surface area contributed by atoms with Crippen molar-refractivity contribution in [3.05, 3.63) is 35.4 Å². The first-order valence-electron chi connectivity index (χ1n) is 7.57. The van der Waals surface area contributed by atoms with Crippen LogP contribution >= 0.6 is 0 Å². The van der Waals surface area contributed by atoms with Gasteiger partial charge in [0.25, 0.3) is 0 Å². The zero-order chi connectivity index (χ0) is 12.6. The fourth-order valence-corrected chi connectivity index (χ4v) is 3.29. The molecule has 3 rings (SSSR count). The van der Waals surface area contributed by atoms with Crippen LogP contribution in [0.25, 0.3) is 0 Å². The van der Waals surface area contributed by atoms with Gasteiger partial charge in [0.1, 0.15) is 0 Å². The topological polar surface area (TPSA) is 12.0 Å². The smallest absolute Gasteiger partial charge is 0.0377 e. The van der Waals surface area contributed by atoms with Gasteiger partial charge in [-0.25, -0.2) is 0 Å². The lowest BCUT2D eigenvalue weighted by Gasteiger charge is -2.33. The van der Waals surface area contributed by atoms with Gasteiger partial charge < -0.3 is 5.32 Å². The third kappa shape index (κ3) is 2.09. The summed E-state index contributed by atoms with van der Waals surface area (Å²) < 4.78 is 0. The van der Waals surface area contributed by atoms with Crippen LogP contribution in [-0.2, 0) is 0 Å². The van der Waals surface area contributed by atoms with Gasteiger partial charge in [0.15, 0.2) is 0 Å². The van der Waals surface area contributed by atoms with Crippen LogP contribution in [0.15, 0.2) is 24.3 Å². The molecule has 1 heteroatoms. The average molecular weight is 243 g/mol. The normalized spacial score (nSPS) is 23.4. The Bertz CT molecular complexity index is 415. The zero-order valence-electron chi connectivity index (χ0n) is 11.7. The number of hydrogen-bond donors (Lipinski definition) is 1. The quantitative estimate of drug-likeness (QED) is 0.808. The third-order valence-electron chi connectivity index (χ3n) is 5.00. The molecule has 1 unspecified atom stereocenters. The van der Waals surface area contributed by atoms with E-state index in [0.29, 0.717) is 11.5 Å². The zero-order valence-corrected chi connectivity index (χ0v) is 11.7. The van der Waals surface area contributed by atoms with E-state index >= 15 is 0 Å². The Labute approximate surface area is 111 Å². The summed E-state index contributed by atoms with van der Waals surface area (Å²) >= 11 is 0. The second-order valence-electron chi connectivity index (χ2n) is 6.40. The van der Waals surface area contributed by atoms with Crippen LogP contribution in [-0.4, -0.2) is 6.54 Å². The van der Waals surface area contributed by atoms with Crippen molar-refractivity contribution in [2.75, 3.05) is 6.54 Å². The lowest BCUT2D eigenvalue weighted by molar-refractivity contribution is 0.358. The molecule has 1 aromatic rings. The van der Waals surface area contributed by atoms with Crippen LogP contribution in [0.2, 0.25) is 0 Å². The van der Waals surface area contributed by atoms with E-state index < -0.39 is 0 Å². The van der Waals surface area contributed by atoms with Gasteiger partial charge in [-0.2, -0.15) is 0 Å². The number of hydrogen-bond acceptors (Lipinski definition) is 1. The molecule has 1 N–H and O–H groups in total. The molecule has 0 heterocycles. The van der Waals surface area contributed by atoms with Gasteiger partial charge in [-0.15, -0.1) is 0 Å². The van der Waals surface area contributed by atoms with E-state index in [1.165, 1.54) is 32.1 Å². The van der Waals surface area contributed by atoms with Crippen molar-refractivity contribution >= 4 is 0 Å². The molecule has 1 nitrogen and oxygen atoms in total. The van der Waals surface area contributed by atoms with Crippen LogP contribution in [0.5, 0.6) is 0 Å². The maximum atomic E-state index is 3.74. The van der Waals surface area contributed by atoms with Crippen LogP contribution in [0, 0.1) is 5.41 Å². The Morgan fingerprint density at radius 1 is 1.28 bits per heavy atom. The van der Waals surface area contributed by atoms with Crippen molar-refractivity contribution in [1.82, 2.24) is 5.32 Å². The predicted octanol–water partition coefficient (Wildman–Crippen LogP) is 4.40. The van der Waals surface area contributed by atoms with E-state index in [1.807, 2.05) is 0 Å². The molecule has 0 amide bonds. The summed E-state index contributed by atoms with van der Waals surface area (Å²) in [6, 6.07) is 9.74. The first kappa shape index (κ1) is 12.2. The van der Waals surface area contributed by atoms with Gasteiger partial charge in [0, 0.05) is 6.04 Å². The third-order valence-corrected chi connectivity index (χ3v) is 5.00. The highest BCUT2D eigenvalue weighted by Gasteiger charge is 2.46. The monoisotopic (exact) mass is 243 g/mol. The molecule has 18 heavy (non-hydrogen) atoms. The Kier molecular flexibility index (Phi) is 3.19. The molecule has 0 saturated heterocycles. The minimum absolute atomic E-state index is 0.510. The molecular weight excluding hydrogens is 218 g/mol. The highest BCUT2D eigenvalue weighted by molar-refractivity contribution is 5.36. The Morgan fingerprint density at radius 2 is 2.00 bits per heavy atom. The number of nitrogens with one attached hydrogen (secondary N) is 1. The van der Waals surface area contributed by atoms with Crippen LogP contribution in [0.4, 0.5) is 0 Å². The molecule has 0 aliphatic heterocycles. The fraction of sp³-hybridized carbons (Fsp3) is 0.647. The largest absolute Gasteiger partial charge is 0.310 e. The molecule has 0 bridgehead atoms. The maximum Gasteiger partial charge on any atom is 0.0377 e. The van der Waals surface area contributed by atoms with Crippen LogP contribution in [0.3, 0.4) is 0 Å². The minimum atomic E-state index is 0.510. The van der Waals surface area contributed by atoms with Crippen LogP contribution < -0.4 is 5.32 Å². The van der Waals surface area contributed by atoms with E-state index in [1.54, 1.807) is 11.1 Å². The lowest BCUT2D eigenvalue weighted by atomic mass is 9.75. The Hall–Kier alpha value is -0.820. The van der Waals surface area contributed by atoms with Gasteiger partial charge in [0.05, 0.1) is 0 Å². The summed E-state index contributed by atoms with van der Waals surface area (Å²) in [5.74, 6) is 0.838. The van der Waals surface area contributed by atoms with Crippen molar-refractivity contribution < 1.29 is 0 Å². The molecule has 2 fully saturated rings. The summed E-state index contributed by atoms with van der Waals surface area (Å²) in [5.41, 5.74) is 3.72. The molecule has 2 aliphatic carbocycles. The predicted molar refractivity (Wildman–Crippen MR) is 76.8 cm³/mol. The molecule has 2 aliphatic rings. The number of rotatable bonds is 5. The first-order valence-corrected chi connectivity index (χ1v) is 7.57. The van der Waals surface area contributed by atoms with Gasteiger partial charge >= 0.3 is 0 Å². The van der Waals surface area contributed by atoms with E-state index in [0.717, 1.165) is 12.5 Å². The fourth-order valence-electron chi connectivity index (χ4n) is 3.29. The highest BCUT2D eigenvalue weighted by atomic mass is 14.9. The molecule has 0 radical (unpaired) electrons. The Balaban J connectivity index is 1.93. The lowest BCUT2D eigenvalue weighted by Crippen LogP contribution is -2.29. The SMILES string of the molecule is CCNC(c1ccccc1C1CCC1)C1(C)CC1. The second-order valence-corrected chi connectivity index (χ2v) is 6.40. The summed E-state index contributed by atoms with van der Waals surface area (Å²) in [5, 5.41) is 3.74. The van der Waals surface area contributed by atoms with Crippen molar-refractivity contribution in [2.24, 2.45) is 5.41 Å². The van der Waals surface area contributed by atoms with Crippen LogP contribution in [0.1, 0.15) is 69.0 Å². The first-order chi connectivity index (χ1) is 8.74. The summed E-state index contributed by atoms with van der Waals surface area (Å²) in [6.07, 6.45) is 6.97. The average Bonchev–Trinajstić information content (AvgIpc) is 3.04. The van der Waals surface area contributed by atoms with E-state index in [2.05, 4.69) is 43.4 Å². The van der Waals surface area contributed by atoms with Crippen molar-refractivity contribution in [1.29, 1.82) is 0 Å². The van der Waals surface area contributed by atoms with E-state index in [9.17, 15) is 0 Å². The highest BCUT2D eigenvalue weighted by Crippen LogP contribution is 2.55. The molecule has 1 aromatic carbocycles. The van der Waals surface area contributed by atoms with Gasteiger partial charge in [0.2, 0.25) is 0 Å². The minimum Gasteiger partial charge on any atom is -0.310 e. The molecule has 0 aromatic heterocycles.